The lowest BCUT2D eigenvalue weighted by atomic mass is 9.71. The lowest BCUT2D eigenvalue weighted by Crippen LogP contribution is -2.44. The first-order chi connectivity index (χ1) is 13.0. The number of nitrogens with one attached hydrogen (secondary N) is 3. The molecule has 3 N–H and O–H groups in total. The van der Waals surface area contributed by atoms with Crippen LogP contribution in [0.25, 0.3) is 0 Å². The number of carbonyl (C=O) groups is 1. The van der Waals surface area contributed by atoms with Crippen LogP contribution in [0, 0.1) is 10.8 Å². The molecule has 1 heterocycles. The monoisotopic (exact) mass is 390 g/mol. The number of hydrogen-bond donors (Lipinski definition) is 3. The number of piperazine rings is 1. The van der Waals surface area contributed by atoms with Crippen LogP contribution < -0.4 is 10.6 Å². The van der Waals surface area contributed by atoms with Crippen LogP contribution in [0.15, 0.2) is 35.7 Å². The third-order valence-electron chi connectivity index (χ3n) is 5.24. The van der Waals surface area contributed by atoms with Gasteiger partial charge in [-0.1, -0.05) is 31.0 Å². The summed E-state index contributed by atoms with van der Waals surface area (Å²) in [5.41, 5.74) is 1.24. The summed E-state index contributed by atoms with van der Waals surface area (Å²) in [6.07, 6.45) is 4.62. The van der Waals surface area contributed by atoms with E-state index < -0.39 is 0 Å². The number of anilines is 1. The smallest absolute Gasteiger partial charge is 0.293 e. The Bertz CT molecular complexity index is 724. The summed E-state index contributed by atoms with van der Waals surface area (Å²) < 4.78 is 6.04. The number of benzene rings is 1. The van der Waals surface area contributed by atoms with E-state index in [4.69, 9.17) is 21.7 Å². The van der Waals surface area contributed by atoms with Crippen LogP contribution in [-0.4, -0.2) is 49.8 Å². The van der Waals surface area contributed by atoms with Crippen molar-refractivity contribution in [2.45, 2.75) is 26.2 Å². The first kappa shape index (κ1) is 19.7. The van der Waals surface area contributed by atoms with E-state index in [0.717, 1.165) is 39.0 Å². The minimum absolute atomic E-state index is 0.109. The van der Waals surface area contributed by atoms with Crippen molar-refractivity contribution in [3.05, 3.63) is 40.7 Å². The molecule has 1 aromatic rings. The summed E-state index contributed by atoms with van der Waals surface area (Å²) >= 11 is 6.02. The number of amides is 1. The first-order valence-electron chi connectivity index (χ1n) is 9.41. The number of nitrogens with zero attached hydrogens (tertiary/aromatic N) is 1. The van der Waals surface area contributed by atoms with Gasteiger partial charge in [-0.25, -0.2) is 0 Å². The Morgan fingerprint density at radius 2 is 2.15 bits per heavy atom. The summed E-state index contributed by atoms with van der Waals surface area (Å²) in [7, 11) is 0. The van der Waals surface area contributed by atoms with Crippen LogP contribution in [0.1, 0.15) is 26.2 Å². The van der Waals surface area contributed by atoms with Gasteiger partial charge in [-0.2, -0.15) is 0 Å². The topological polar surface area (TPSA) is 77.5 Å². The maximum atomic E-state index is 13.0. The number of ether oxygens (including phenoxy) is 1. The molecule has 6 nitrogen and oxygen atoms in total. The number of allylic oxidation sites excluding steroid dienone is 1. The van der Waals surface area contributed by atoms with Crippen LogP contribution >= 0.6 is 11.6 Å². The lowest BCUT2D eigenvalue weighted by molar-refractivity contribution is -0.117. The van der Waals surface area contributed by atoms with Crippen molar-refractivity contribution < 1.29 is 9.53 Å². The highest BCUT2D eigenvalue weighted by atomic mass is 35.5. The molecule has 1 saturated carbocycles. The van der Waals surface area contributed by atoms with Crippen molar-refractivity contribution >= 4 is 29.4 Å². The van der Waals surface area contributed by atoms with Crippen molar-refractivity contribution in [1.82, 2.24) is 10.2 Å². The zero-order chi connectivity index (χ0) is 19.3. The second-order valence-electron chi connectivity index (χ2n) is 7.51. The van der Waals surface area contributed by atoms with Gasteiger partial charge in [0.1, 0.15) is 5.70 Å². The predicted molar refractivity (Wildman–Crippen MR) is 108 cm³/mol. The molecule has 1 amide bonds. The Kier molecular flexibility index (Phi) is 6.39. The number of rotatable bonds is 7. The Hall–Kier alpha value is -2.05. The van der Waals surface area contributed by atoms with Gasteiger partial charge in [-0.05, 0) is 31.0 Å². The standard InChI is InChI=1S/C20H27ClN4O2/c1-20(6-3-7-20)14-27-18(17(13-22)25-10-8-23-9-11-25)19(26)24-16-5-2-4-15(21)12-16/h2,4-5,12-13,22-23H,3,6-11,14H2,1H3,(H,24,26)/b18-17-,22-13?. The maximum absolute atomic E-state index is 13.0. The highest BCUT2D eigenvalue weighted by Gasteiger charge is 2.34. The van der Waals surface area contributed by atoms with E-state index in [1.54, 1.807) is 24.3 Å². The molecule has 0 unspecified atom stereocenters. The molecule has 3 rings (SSSR count). The second-order valence-corrected chi connectivity index (χ2v) is 7.95. The molecule has 1 aliphatic carbocycles. The molecule has 2 fully saturated rings. The lowest BCUT2D eigenvalue weighted by Gasteiger charge is -2.38. The van der Waals surface area contributed by atoms with E-state index >= 15 is 0 Å². The van der Waals surface area contributed by atoms with Gasteiger partial charge >= 0.3 is 0 Å². The quantitative estimate of drug-likeness (QED) is 0.379. The van der Waals surface area contributed by atoms with Crippen LogP contribution in [0.3, 0.4) is 0 Å². The molecular formula is C20H27ClN4O2. The average Bonchev–Trinajstić information content (AvgIpc) is 2.64. The minimum atomic E-state index is -0.350. The Morgan fingerprint density at radius 3 is 2.74 bits per heavy atom. The minimum Gasteiger partial charge on any atom is -0.486 e. The van der Waals surface area contributed by atoms with E-state index in [2.05, 4.69) is 17.6 Å². The van der Waals surface area contributed by atoms with Gasteiger partial charge in [-0.15, -0.1) is 0 Å². The van der Waals surface area contributed by atoms with Gasteiger partial charge < -0.3 is 25.7 Å². The number of halogens is 1. The molecule has 146 valence electrons. The third-order valence-corrected chi connectivity index (χ3v) is 5.48. The molecule has 1 aliphatic heterocycles. The summed E-state index contributed by atoms with van der Waals surface area (Å²) in [5.74, 6) is -0.141. The van der Waals surface area contributed by atoms with Gasteiger partial charge in [0.2, 0.25) is 5.76 Å². The molecule has 27 heavy (non-hydrogen) atoms. The Balaban J connectivity index is 1.83. The Morgan fingerprint density at radius 1 is 1.41 bits per heavy atom. The van der Waals surface area contributed by atoms with E-state index in [1.807, 2.05) is 4.90 Å². The maximum Gasteiger partial charge on any atom is 0.293 e. The zero-order valence-corrected chi connectivity index (χ0v) is 16.4. The van der Waals surface area contributed by atoms with Crippen molar-refractivity contribution in [3.8, 4) is 0 Å². The summed E-state index contributed by atoms with van der Waals surface area (Å²) in [4.78, 5) is 15.0. The van der Waals surface area contributed by atoms with Crippen LogP contribution in [0.4, 0.5) is 5.69 Å². The number of carbonyl (C=O) groups excluding carboxylic acids is 1. The SMILES string of the molecule is CC1(CO/C(C(=O)Nc2cccc(Cl)c2)=C(/C=N)N2CCNCC2)CCC1. The van der Waals surface area contributed by atoms with E-state index in [9.17, 15) is 4.79 Å². The van der Waals surface area contributed by atoms with Crippen molar-refractivity contribution in [3.63, 3.8) is 0 Å². The average molecular weight is 391 g/mol. The number of hydrogen-bond acceptors (Lipinski definition) is 5. The van der Waals surface area contributed by atoms with Gasteiger partial charge in [0.25, 0.3) is 5.91 Å². The third kappa shape index (κ3) is 5.02. The molecule has 2 aliphatic rings. The molecule has 7 heteroatoms. The first-order valence-corrected chi connectivity index (χ1v) is 9.79. The van der Waals surface area contributed by atoms with Crippen LogP contribution in [0.2, 0.25) is 5.02 Å². The van der Waals surface area contributed by atoms with Gasteiger partial charge in [-0.3, -0.25) is 4.79 Å². The predicted octanol–water partition coefficient (Wildman–Crippen LogP) is 3.25. The molecule has 0 aromatic heterocycles. The van der Waals surface area contributed by atoms with Crippen molar-refractivity contribution in [1.29, 1.82) is 5.41 Å². The fourth-order valence-electron chi connectivity index (χ4n) is 3.39. The van der Waals surface area contributed by atoms with E-state index in [0.29, 0.717) is 23.0 Å². The highest BCUT2D eigenvalue weighted by Crippen LogP contribution is 2.41. The van der Waals surface area contributed by atoms with Crippen LogP contribution in [-0.2, 0) is 9.53 Å². The van der Waals surface area contributed by atoms with Crippen LogP contribution in [0.5, 0.6) is 0 Å². The zero-order valence-electron chi connectivity index (χ0n) is 15.7. The summed E-state index contributed by atoms with van der Waals surface area (Å²) in [6, 6.07) is 7.01. The highest BCUT2D eigenvalue weighted by molar-refractivity contribution is 6.31. The van der Waals surface area contributed by atoms with Crippen molar-refractivity contribution in [2.24, 2.45) is 5.41 Å². The fraction of sp³-hybridized carbons (Fsp3) is 0.500. The molecule has 1 saturated heterocycles. The normalized spacial score (nSPS) is 19.6. The van der Waals surface area contributed by atoms with Gasteiger partial charge in [0.05, 0.1) is 6.61 Å². The summed E-state index contributed by atoms with van der Waals surface area (Å²) in [6.45, 7) is 5.77. The van der Waals surface area contributed by atoms with E-state index in [-0.39, 0.29) is 17.1 Å². The Labute approximate surface area is 165 Å². The summed E-state index contributed by atoms with van der Waals surface area (Å²) in [5, 5.41) is 14.6. The molecule has 1 aromatic carbocycles. The van der Waals surface area contributed by atoms with Gasteiger partial charge in [0.15, 0.2) is 0 Å². The van der Waals surface area contributed by atoms with E-state index in [1.165, 1.54) is 12.6 Å². The molecule has 0 radical (unpaired) electrons. The molecule has 0 spiro atoms. The van der Waals surface area contributed by atoms with Gasteiger partial charge in [0, 0.05) is 48.5 Å². The van der Waals surface area contributed by atoms with Crippen molar-refractivity contribution in [2.75, 3.05) is 38.1 Å². The fourth-order valence-corrected chi connectivity index (χ4v) is 3.58. The molecular weight excluding hydrogens is 364 g/mol. The largest absolute Gasteiger partial charge is 0.486 e. The molecule has 0 atom stereocenters. The molecule has 0 bridgehead atoms. The second kappa shape index (κ2) is 8.76.